The molecule has 0 unspecified atom stereocenters. The number of para-hydroxylation sites is 1. The number of hydrogen-bond acceptors (Lipinski definition) is 3. The SMILES string of the molecule is CC1(C)CCC(C#N)(Cc2ccccc2[N+](=O)[O-])CC1. The summed E-state index contributed by atoms with van der Waals surface area (Å²) in [5.41, 5.74) is 0.649. The Morgan fingerprint density at radius 1 is 1.25 bits per heavy atom. The van der Waals surface area contributed by atoms with Crippen molar-refractivity contribution in [1.82, 2.24) is 0 Å². The molecule has 1 aliphatic carbocycles. The number of nitro benzene ring substituents is 1. The molecule has 2 rings (SSSR count). The Hall–Kier alpha value is -1.89. The third-order valence-electron chi connectivity index (χ3n) is 4.51. The van der Waals surface area contributed by atoms with Crippen molar-refractivity contribution in [3.63, 3.8) is 0 Å². The van der Waals surface area contributed by atoms with Crippen molar-refractivity contribution in [3.05, 3.63) is 39.9 Å². The minimum absolute atomic E-state index is 0.131. The molecule has 0 atom stereocenters. The third-order valence-corrected chi connectivity index (χ3v) is 4.51. The van der Waals surface area contributed by atoms with Gasteiger partial charge in [0.05, 0.1) is 16.4 Å². The molecule has 4 nitrogen and oxygen atoms in total. The van der Waals surface area contributed by atoms with E-state index in [1.807, 2.05) is 0 Å². The van der Waals surface area contributed by atoms with Gasteiger partial charge in [0.15, 0.2) is 0 Å². The van der Waals surface area contributed by atoms with Gasteiger partial charge in [-0.05, 0) is 37.5 Å². The monoisotopic (exact) mass is 272 g/mol. The lowest BCUT2D eigenvalue weighted by molar-refractivity contribution is -0.385. The van der Waals surface area contributed by atoms with Crippen LogP contribution in [0.2, 0.25) is 0 Å². The summed E-state index contributed by atoms with van der Waals surface area (Å²) >= 11 is 0. The average Bonchev–Trinajstić information content (AvgIpc) is 2.42. The number of nitro groups is 1. The van der Waals surface area contributed by atoms with Gasteiger partial charge in [-0.2, -0.15) is 5.26 Å². The molecule has 0 spiro atoms. The van der Waals surface area contributed by atoms with Gasteiger partial charge in [0.25, 0.3) is 5.69 Å². The van der Waals surface area contributed by atoms with E-state index in [1.54, 1.807) is 18.2 Å². The van der Waals surface area contributed by atoms with Gasteiger partial charge in [0, 0.05) is 11.6 Å². The van der Waals surface area contributed by atoms with Crippen molar-refractivity contribution in [2.24, 2.45) is 10.8 Å². The highest BCUT2D eigenvalue weighted by atomic mass is 16.6. The molecule has 1 aromatic rings. The van der Waals surface area contributed by atoms with Crippen LogP contribution in [-0.4, -0.2) is 4.92 Å². The molecule has 0 aromatic heterocycles. The van der Waals surface area contributed by atoms with Crippen LogP contribution in [0.1, 0.15) is 45.1 Å². The summed E-state index contributed by atoms with van der Waals surface area (Å²) in [5, 5.41) is 20.7. The molecular weight excluding hydrogens is 252 g/mol. The average molecular weight is 272 g/mol. The molecule has 0 saturated heterocycles. The maximum atomic E-state index is 11.1. The molecule has 0 bridgehead atoms. The van der Waals surface area contributed by atoms with Crippen molar-refractivity contribution in [1.29, 1.82) is 5.26 Å². The molecular formula is C16H20N2O2. The first kappa shape index (κ1) is 14.5. The Bertz CT molecular complexity index is 548. The van der Waals surface area contributed by atoms with E-state index in [0.717, 1.165) is 25.7 Å². The van der Waals surface area contributed by atoms with Gasteiger partial charge in [-0.15, -0.1) is 0 Å². The van der Waals surface area contributed by atoms with Crippen LogP contribution in [0.5, 0.6) is 0 Å². The maximum absolute atomic E-state index is 11.1. The molecule has 1 aliphatic rings. The summed E-state index contributed by atoms with van der Waals surface area (Å²) in [6.45, 7) is 4.44. The summed E-state index contributed by atoms with van der Waals surface area (Å²) < 4.78 is 0. The minimum Gasteiger partial charge on any atom is -0.258 e. The lowest BCUT2D eigenvalue weighted by atomic mass is 9.63. The van der Waals surface area contributed by atoms with Crippen LogP contribution >= 0.6 is 0 Å². The number of nitriles is 1. The number of rotatable bonds is 3. The smallest absolute Gasteiger partial charge is 0.258 e. The zero-order valence-corrected chi connectivity index (χ0v) is 12.1. The summed E-state index contributed by atoms with van der Waals surface area (Å²) in [5.74, 6) is 0. The van der Waals surface area contributed by atoms with Crippen molar-refractivity contribution < 1.29 is 4.92 Å². The van der Waals surface area contributed by atoms with Gasteiger partial charge < -0.3 is 0 Å². The summed E-state index contributed by atoms with van der Waals surface area (Å²) in [6, 6.07) is 9.22. The Kier molecular flexibility index (Phi) is 3.80. The maximum Gasteiger partial charge on any atom is 0.272 e. The Balaban J connectivity index is 2.24. The standard InChI is InChI=1S/C16H20N2O2/c1-15(2)7-9-16(12-17,10-8-15)11-13-5-3-4-6-14(13)18(19)20/h3-6H,7-11H2,1-2H3. The summed E-state index contributed by atoms with van der Waals surface area (Å²) in [4.78, 5) is 10.7. The second kappa shape index (κ2) is 5.24. The zero-order valence-electron chi connectivity index (χ0n) is 12.1. The van der Waals surface area contributed by atoms with Crippen LogP contribution in [0.15, 0.2) is 24.3 Å². The van der Waals surface area contributed by atoms with Crippen molar-refractivity contribution in [2.45, 2.75) is 46.0 Å². The van der Waals surface area contributed by atoms with E-state index in [1.165, 1.54) is 6.07 Å². The minimum atomic E-state index is -0.443. The van der Waals surface area contributed by atoms with Crippen LogP contribution in [-0.2, 0) is 6.42 Å². The predicted octanol–water partition coefficient (Wildman–Crippen LogP) is 4.25. The van der Waals surface area contributed by atoms with E-state index in [0.29, 0.717) is 12.0 Å². The largest absolute Gasteiger partial charge is 0.272 e. The second-order valence-corrected chi connectivity index (χ2v) is 6.62. The molecule has 1 saturated carbocycles. The highest BCUT2D eigenvalue weighted by molar-refractivity contribution is 5.41. The molecule has 1 fully saturated rings. The highest BCUT2D eigenvalue weighted by Crippen LogP contribution is 2.47. The normalized spacial score (nSPS) is 20.1. The lowest BCUT2D eigenvalue weighted by Gasteiger charge is -2.39. The van der Waals surface area contributed by atoms with Crippen LogP contribution in [0.4, 0.5) is 5.69 Å². The van der Waals surface area contributed by atoms with Crippen LogP contribution in [0.25, 0.3) is 0 Å². The van der Waals surface area contributed by atoms with Crippen LogP contribution in [0, 0.1) is 32.3 Å². The fourth-order valence-corrected chi connectivity index (χ4v) is 2.94. The topological polar surface area (TPSA) is 66.9 Å². The number of benzene rings is 1. The first-order valence-corrected chi connectivity index (χ1v) is 7.01. The lowest BCUT2D eigenvalue weighted by Crippen LogP contribution is -2.32. The van der Waals surface area contributed by atoms with Gasteiger partial charge in [-0.1, -0.05) is 32.0 Å². The van der Waals surface area contributed by atoms with E-state index in [9.17, 15) is 15.4 Å². The van der Waals surface area contributed by atoms with E-state index in [2.05, 4.69) is 19.9 Å². The van der Waals surface area contributed by atoms with Gasteiger partial charge in [0.1, 0.15) is 0 Å². The van der Waals surface area contributed by atoms with E-state index >= 15 is 0 Å². The quantitative estimate of drug-likeness (QED) is 0.610. The predicted molar refractivity (Wildman–Crippen MR) is 77.1 cm³/mol. The highest BCUT2D eigenvalue weighted by Gasteiger charge is 2.39. The van der Waals surface area contributed by atoms with Gasteiger partial charge in [0.2, 0.25) is 0 Å². The van der Waals surface area contributed by atoms with E-state index < -0.39 is 5.41 Å². The fourth-order valence-electron chi connectivity index (χ4n) is 2.94. The fraction of sp³-hybridized carbons (Fsp3) is 0.562. The molecule has 0 amide bonds. The Morgan fingerprint density at radius 3 is 2.40 bits per heavy atom. The molecule has 0 heterocycles. The second-order valence-electron chi connectivity index (χ2n) is 6.62. The molecule has 0 N–H and O–H groups in total. The number of hydrogen-bond donors (Lipinski definition) is 0. The molecule has 4 heteroatoms. The van der Waals surface area contributed by atoms with E-state index in [-0.39, 0.29) is 16.0 Å². The van der Waals surface area contributed by atoms with E-state index in [4.69, 9.17) is 0 Å². The van der Waals surface area contributed by atoms with Crippen molar-refractivity contribution >= 4 is 5.69 Å². The van der Waals surface area contributed by atoms with Gasteiger partial charge in [-0.25, -0.2) is 0 Å². The van der Waals surface area contributed by atoms with Crippen molar-refractivity contribution in [2.75, 3.05) is 0 Å². The Morgan fingerprint density at radius 2 is 1.85 bits per heavy atom. The third kappa shape index (κ3) is 2.98. The van der Waals surface area contributed by atoms with Gasteiger partial charge >= 0.3 is 0 Å². The molecule has 20 heavy (non-hydrogen) atoms. The summed E-state index contributed by atoms with van der Waals surface area (Å²) in [6.07, 6.45) is 4.13. The summed E-state index contributed by atoms with van der Waals surface area (Å²) in [7, 11) is 0. The number of nitrogens with zero attached hydrogens (tertiary/aromatic N) is 2. The first-order chi connectivity index (χ1) is 9.37. The van der Waals surface area contributed by atoms with Crippen LogP contribution < -0.4 is 0 Å². The van der Waals surface area contributed by atoms with Gasteiger partial charge in [-0.3, -0.25) is 10.1 Å². The molecule has 106 valence electrons. The Labute approximate surface area is 119 Å². The molecule has 1 aromatic carbocycles. The molecule has 0 aliphatic heterocycles. The first-order valence-electron chi connectivity index (χ1n) is 7.01. The zero-order chi connectivity index (χ0) is 14.8. The van der Waals surface area contributed by atoms with Crippen molar-refractivity contribution in [3.8, 4) is 6.07 Å². The molecule has 0 radical (unpaired) electrons. The van der Waals surface area contributed by atoms with Crippen LogP contribution in [0.3, 0.4) is 0 Å².